The quantitative estimate of drug-likeness (QED) is 0.855. The summed E-state index contributed by atoms with van der Waals surface area (Å²) in [5, 5.41) is 6.04. The van der Waals surface area contributed by atoms with Gasteiger partial charge in [0.05, 0.1) is 0 Å². The van der Waals surface area contributed by atoms with E-state index in [2.05, 4.69) is 41.8 Å². The number of rotatable bonds is 6. The van der Waals surface area contributed by atoms with Crippen molar-refractivity contribution in [3.05, 3.63) is 70.8 Å². The molecule has 0 unspecified atom stereocenters. The van der Waals surface area contributed by atoms with Gasteiger partial charge in [-0.25, -0.2) is 0 Å². The minimum absolute atomic E-state index is 0.0504. The summed E-state index contributed by atoms with van der Waals surface area (Å²) in [5.74, 6) is -0.0504. The lowest BCUT2D eigenvalue weighted by Crippen LogP contribution is -2.18. The van der Waals surface area contributed by atoms with Crippen LogP contribution in [0.15, 0.2) is 48.5 Å². The molecule has 2 aromatic carbocycles. The first kappa shape index (κ1) is 15.3. The molecule has 110 valence electrons. The largest absolute Gasteiger partial charge is 0.355 e. The molecule has 0 aromatic heterocycles. The Morgan fingerprint density at radius 2 is 1.33 bits per heavy atom. The number of benzene rings is 2. The third-order valence-corrected chi connectivity index (χ3v) is 3.53. The lowest BCUT2D eigenvalue weighted by molar-refractivity contribution is 0.0963. The Morgan fingerprint density at radius 1 is 0.857 bits per heavy atom. The highest BCUT2D eigenvalue weighted by Gasteiger charge is 2.02. The van der Waals surface area contributed by atoms with Gasteiger partial charge in [-0.15, -0.1) is 0 Å². The average molecular weight is 282 g/mol. The fourth-order valence-corrected chi connectivity index (χ4v) is 2.16. The van der Waals surface area contributed by atoms with Crippen molar-refractivity contribution in [3.63, 3.8) is 0 Å². The van der Waals surface area contributed by atoms with E-state index in [9.17, 15) is 4.79 Å². The molecule has 2 N–H and O–H groups in total. The number of carbonyl (C=O) groups excluding carboxylic acids is 1. The molecule has 3 heteroatoms. The zero-order chi connectivity index (χ0) is 15.1. The van der Waals surface area contributed by atoms with Crippen molar-refractivity contribution in [1.29, 1.82) is 0 Å². The molecule has 0 aliphatic carbocycles. The first-order valence-electron chi connectivity index (χ1n) is 7.32. The maximum atomic E-state index is 11.4. The van der Waals surface area contributed by atoms with Gasteiger partial charge in [-0.1, -0.05) is 43.3 Å². The Morgan fingerprint density at radius 3 is 1.81 bits per heavy atom. The van der Waals surface area contributed by atoms with Crippen LogP contribution in [-0.2, 0) is 19.5 Å². The van der Waals surface area contributed by atoms with Crippen LogP contribution in [0.2, 0.25) is 0 Å². The van der Waals surface area contributed by atoms with Gasteiger partial charge in [-0.05, 0) is 35.2 Å². The molecule has 0 bridgehead atoms. The van der Waals surface area contributed by atoms with E-state index >= 15 is 0 Å². The smallest absolute Gasteiger partial charge is 0.251 e. The SMILES string of the molecule is CCc1ccc(CNCc2ccc(C(=O)NC)cc2)cc1. The summed E-state index contributed by atoms with van der Waals surface area (Å²) in [4.78, 5) is 11.4. The van der Waals surface area contributed by atoms with Crippen LogP contribution in [-0.4, -0.2) is 13.0 Å². The zero-order valence-corrected chi connectivity index (χ0v) is 12.6. The van der Waals surface area contributed by atoms with Crippen LogP contribution >= 0.6 is 0 Å². The van der Waals surface area contributed by atoms with Crippen molar-refractivity contribution in [2.75, 3.05) is 7.05 Å². The summed E-state index contributed by atoms with van der Waals surface area (Å²) in [7, 11) is 1.64. The van der Waals surface area contributed by atoms with E-state index in [4.69, 9.17) is 0 Å². The minimum Gasteiger partial charge on any atom is -0.355 e. The number of hydrogen-bond acceptors (Lipinski definition) is 2. The van der Waals surface area contributed by atoms with Crippen LogP contribution in [0.1, 0.15) is 34.0 Å². The van der Waals surface area contributed by atoms with Gasteiger partial charge in [0.25, 0.3) is 5.91 Å². The Hall–Kier alpha value is -2.13. The van der Waals surface area contributed by atoms with Gasteiger partial charge in [0.1, 0.15) is 0 Å². The Labute approximate surface area is 126 Å². The lowest BCUT2D eigenvalue weighted by atomic mass is 10.1. The average Bonchev–Trinajstić information content (AvgIpc) is 2.55. The molecule has 0 saturated heterocycles. The van der Waals surface area contributed by atoms with Crippen LogP contribution in [0.4, 0.5) is 0 Å². The molecule has 2 aromatic rings. The molecule has 3 nitrogen and oxygen atoms in total. The first-order chi connectivity index (χ1) is 10.2. The summed E-state index contributed by atoms with van der Waals surface area (Å²) in [5.41, 5.74) is 4.52. The van der Waals surface area contributed by atoms with Crippen LogP contribution in [0.3, 0.4) is 0 Å². The molecule has 0 fully saturated rings. The molecule has 21 heavy (non-hydrogen) atoms. The van der Waals surface area contributed by atoms with Crippen molar-refractivity contribution in [2.45, 2.75) is 26.4 Å². The molecular formula is C18H22N2O. The van der Waals surface area contributed by atoms with Crippen LogP contribution in [0, 0.1) is 0 Å². The van der Waals surface area contributed by atoms with Gasteiger partial charge in [0, 0.05) is 25.7 Å². The summed E-state index contributed by atoms with van der Waals surface area (Å²) >= 11 is 0. The van der Waals surface area contributed by atoms with E-state index in [1.54, 1.807) is 7.05 Å². The van der Waals surface area contributed by atoms with Crippen LogP contribution in [0.5, 0.6) is 0 Å². The van der Waals surface area contributed by atoms with E-state index < -0.39 is 0 Å². The summed E-state index contributed by atoms with van der Waals surface area (Å²) in [6.07, 6.45) is 1.07. The fraction of sp³-hybridized carbons (Fsp3) is 0.278. The fourth-order valence-electron chi connectivity index (χ4n) is 2.16. The third kappa shape index (κ3) is 4.43. The number of aryl methyl sites for hydroxylation is 1. The summed E-state index contributed by atoms with van der Waals surface area (Å²) < 4.78 is 0. The van der Waals surface area contributed by atoms with Gasteiger partial charge in [-0.2, -0.15) is 0 Å². The van der Waals surface area contributed by atoms with Gasteiger partial charge < -0.3 is 10.6 Å². The zero-order valence-electron chi connectivity index (χ0n) is 12.6. The molecule has 0 aliphatic heterocycles. The van der Waals surface area contributed by atoms with Gasteiger partial charge in [0.2, 0.25) is 0 Å². The molecule has 1 amide bonds. The topological polar surface area (TPSA) is 41.1 Å². The molecule has 0 spiro atoms. The summed E-state index contributed by atoms with van der Waals surface area (Å²) in [6, 6.07) is 16.4. The molecule has 0 radical (unpaired) electrons. The molecular weight excluding hydrogens is 260 g/mol. The van der Waals surface area contributed by atoms with Crippen molar-refractivity contribution in [2.24, 2.45) is 0 Å². The van der Waals surface area contributed by atoms with Crippen molar-refractivity contribution in [1.82, 2.24) is 10.6 Å². The Balaban J connectivity index is 1.83. The molecule has 0 atom stereocenters. The highest BCUT2D eigenvalue weighted by Crippen LogP contribution is 2.07. The maximum absolute atomic E-state index is 11.4. The van der Waals surface area contributed by atoms with Gasteiger partial charge in [0.15, 0.2) is 0 Å². The standard InChI is InChI=1S/C18H22N2O/c1-3-14-4-6-15(7-5-14)12-20-13-16-8-10-17(11-9-16)18(21)19-2/h4-11,20H,3,12-13H2,1-2H3,(H,19,21). The van der Waals surface area contributed by atoms with E-state index in [0.29, 0.717) is 5.56 Å². The summed E-state index contributed by atoms with van der Waals surface area (Å²) in [6.45, 7) is 3.81. The van der Waals surface area contributed by atoms with E-state index in [-0.39, 0.29) is 5.91 Å². The van der Waals surface area contributed by atoms with Crippen molar-refractivity contribution >= 4 is 5.91 Å². The number of carbonyl (C=O) groups is 1. The highest BCUT2D eigenvalue weighted by molar-refractivity contribution is 5.93. The lowest BCUT2D eigenvalue weighted by Gasteiger charge is -2.07. The second kappa shape index (κ2) is 7.60. The maximum Gasteiger partial charge on any atom is 0.251 e. The van der Waals surface area contributed by atoms with Crippen LogP contribution in [0.25, 0.3) is 0 Å². The third-order valence-electron chi connectivity index (χ3n) is 3.53. The van der Waals surface area contributed by atoms with Crippen molar-refractivity contribution in [3.8, 4) is 0 Å². The molecule has 0 saturated carbocycles. The van der Waals surface area contributed by atoms with Crippen LogP contribution < -0.4 is 10.6 Å². The second-order valence-corrected chi connectivity index (χ2v) is 5.05. The number of nitrogens with one attached hydrogen (secondary N) is 2. The molecule has 2 rings (SSSR count). The van der Waals surface area contributed by atoms with E-state index in [1.807, 2.05) is 24.3 Å². The molecule has 0 heterocycles. The minimum atomic E-state index is -0.0504. The predicted octanol–water partition coefficient (Wildman–Crippen LogP) is 2.90. The predicted molar refractivity (Wildman–Crippen MR) is 86.2 cm³/mol. The monoisotopic (exact) mass is 282 g/mol. The Bertz CT molecular complexity index is 573. The Kier molecular flexibility index (Phi) is 5.52. The second-order valence-electron chi connectivity index (χ2n) is 5.05. The van der Waals surface area contributed by atoms with E-state index in [1.165, 1.54) is 16.7 Å². The number of hydrogen-bond donors (Lipinski definition) is 2. The van der Waals surface area contributed by atoms with Gasteiger partial charge in [-0.3, -0.25) is 4.79 Å². The van der Waals surface area contributed by atoms with Crippen molar-refractivity contribution < 1.29 is 4.79 Å². The molecule has 0 aliphatic rings. The van der Waals surface area contributed by atoms with E-state index in [0.717, 1.165) is 19.5 Å². The van der Waals surface area contributed by atoms with Gasteiger partial charge >= 0.3 is 0 Å². The highest BCUT2D eigenvalue weighted by atomic mass is 16.1. The first-order valence-corrected chi connectivity index (χ1v) is 7.32. The number of amides is 1. The normalized spacial score (nSPS) is 10.4.